The van der Waals surface area contributed by atoms with Gasteiger partial charge in [0, 0.05) is 17.6 Å². The smallest absolute Gasteiger partial charge is 0.244 e. The van der Waals surface area contributed by atoms with Gasteiger partial charge in [-0.2, -0.15) is 0 Å². The molecule has 7 nitrogen and oxygen atoms in total. The SMILES string of the molecule is CCC(C(=O)NC(C)C)N(CCc1ccccc1)C(=O)CN(c1ccc(Cl)cc1Cl)S(C)(=O)=O. The molecule has 0 fully saturated rings. The molecular weight excluding hydrogens is 497 g/mol. The summed E-state index contributed by atoms with van der Waals surface area (Å²) in [5.41, 5.74) is 1.14. The van der Waals surface area contributed by atoms with E-state index >= 15 is 0 Å². The molecule has 10 heteroatoms. The fourth-order valence-corrected chi connectivity index (χ4v) is 4.98. The summed E-state index contributed by atoms with van der Waals surface area (Å²) in [6.45, 7) is 5.25. The molecule has 0 spiro atoms. The Hall–Kier alpha value is -2.29. The molecule has 2 aromatic rings. The molecule has 186 valence electrons. The molecular formula is C24H31Cl2N3O4S. The molecule has 0 aliphatic rings. The minimum Gasteiger partial charge on any atom is -0.352 e. The van der Waals surface area contributed by atoms with Crippen LogP contribution in [0.25, 0.3) is 0 Å². The number of hydrogen-bond acceptors (Lipinski definition) is 4. The zero-order valence-corrected chi connectivity index (χ0v) is 22.1. The van der Waals surface area contributed by atoms with Crippen LogP contribution in [0.2, 0.25) is 10.0 Å². The number of hydrogen-bond donors (Lipinski definition) is 1. The molecule has 34 heavy (non-hydrogen) atoms. The fourth-order valence-electron chi connectivity index (χ4n) is 3.55. The largest absolute Gasteiger partial charge is 0.352 e. The van der Waals surface area contributed by atoms with Crippen molar-refractivity contribution in [2.24, 2.45) is 0 Å². The highest BCUT2D eigenvalue weighted by Gasteiger charge is 2.32. The number of halogens is 2. The summed E-state index contributed by atoms with van der Waals surface area (Å²) in [5.74, 6) is -0.785. The minimum atomic E-state index is -3.86. The van der Waals surface area contributed by atoms with Crippen LogP contribution in [-0.2, 0) is 26.0 Å². The Balaban J connectivity index is 2.39. The Morgan fingerprint density at radius 2 is 1.71 bits per heavy atom. The summed E-state index contributed by atoms with van der Waals surface area (Å²) < 4.78 is 26.2. The summed E-state index contributed by atoms with van der Waals surface area (Å²) in [6.07, 6.45) is 1.89. The predicted molar refractivity (Wildman–Crippen MR) is 138 cm³/mol. The lowest BCUT2D eigenvalue weighted by Crippen LogP contribution is -2.54. The van der Waals surface area contributed by atoms with Crippen molar-refractivity contribution in [1.82, 2.24) is 10.2 Å². The number of nitrogens with one attached hydrogen (secondary N) is 1. The van der Waals surface area contributed by atoms with Crippen LogP contribution in [0.4, 0.5) is 5.69 Å². The van der Waals surface area contributed by atoms with Crippen molar-refractivity contribution >= 4 is 50.7 Å². The Morgan fingerprint density at radius 1 is 1.06 bits per heavy atom. The number of carbonyl (C=O) groups is 2. The lowest BCUT2D eigenvalue weighted by Gasteiger charge is -2.33. The first kappa shape index (κ1) is 28.0. The molecule has 0 aliphatic carbocycles. The lowest BCUT2D eigenvalue weighted by molar-refractivity contribution is -0.139. The van der Waals surface area contributed by atoms with Crippen molar-refractivity contribution in [1.29, 1.82) is 0 Å². The van der Waals surface area contributed by atoms with E-state index in [2.05, 4.69) is 5.32 Å². The van der Waals surface area contributed by atoms with Crippen molar-refractivity contribution < 1.29 is 18.0 Å². The molecule has 1 N–H and O–H groups in total. The van der Waals surface area contributed by atoms with E-state index in [4.69, 9.17) is 23.2 Å². The quantitative estimate of drug-likeness (QED) is 0.475. The average Bonchev–Trinajstić information content (AvgIpc) is 2.74. The number of amides is 2. The molecule has 0 bridgehead atoms. The summed E-state index contributed by atoms with van der Waals surface area (Å²) >= 11 is 12.2. The standard InChI is InChI=1S/C24H31Cl2N3O4S/c1-5-21(24(31)27-17(2)3)28(14-13-18-9-7-6-8-10-18)23(30)16-29(34(4,32)33)22-12-11-19(25)15-20(22)26/h6-12,15,17,21H,5,13-14,16H2,1-4H3,(H,27,31). The zero-order chi connectivity index (χ0) is 25.5. The highest BCUT2D eigenvalue weighted by molar-refractivity contribution is 7.92. The van der Waals surface area contributed by atoms with E-state index in [1.165, 1.54) is 23.1 Å². The number of nitrogens with zero attached hydrogens (tertiary/aromatic N) is 2. The van der Waals surface area contributed by atoms with Gasteiger partial charge in [-0.15, -0.1) is 0 Å². The number of carbonyl (C=O) groups excluding carboxylic acids is 2. The summed E-state index contributed by atoms with van der Waals surface area (Å²) in [7, 11) is -3.86. The van der Waals surface area contributed by atoms with E-state index in [-0.39, 0.29) is 29.2 Å². The second-order valence-electron chi connectivity index (χ2n) is 8.28. The van der Waals surface area contributed by atoms with Gasteiger partial charge < -0.3 is 10.2 Å². The predicted octanol–water partition coefficient (Wildman–Crippen LogP) is 4.13. The van der Waals surface area contributed by atoms with Gasteiger partial charge in [0.1, 0.15) is 12.6 Å². The molecule has 2 rings (SSSR count). The molecule has 1 unspecified atom stereocenters. The third kappa shape index (κ3) is 7.89. The molecule has 0 aliphatic heterocycles. The van der Waals surface area contributed by atoms with Crippen molar-refractivity contribution in [3.63, 3.8) is 0 Å². The topological polar surface area (TPSA) is 86.8 Å². The number of sulfonamides is 1. The molecule has 1 atom stereocenters. The van der Waals surface area contributed by atoms with E-state index in [1.807, 2.05) is 51.1 Å². The highest BCUT2D eigenvalue weighted by atomic mass is 35.5. The zero-order valence-electron chi connectivity index (χ0n) is 19.8. The monoisotopic (exact) mass is 527 g/mol. The van der Waals surface area contributed by atoms with Crippen LogP contribution in [-0.4, -0.2) is 56.6 Å². The van der Waals surface area contributed by atoms with Crippen molar-refractivity contribution in [2.45, 2.75) is 45.7 Å². The maximum absolute atomic E-state index is 13.5. The fraction of sp³-hybridized carbons (Fsp3) is 0.417. The van der Waals surface area contributed by atoms with Crippen LogP contribution in [0.5, 0.6) is 0 Å². The number of anilines is 1. The van der Waals surface area contributed by atoms with Gasteiger partial charge in [-0.3, -0.25) is 13.9 Å². The maximum Gasteiger partial charge on any atom is 0.244 e. The van der Waals surface area contributed by atoms with Gasteiger partial charge in [-0.05, 0) is 50.5 Å². The van der Waals surface area contributed by atoms with Crippen LogP contribution in [0.1, 0.15) is 32.8 Å². The first-order chi connectivity index (χ1) is 15.9. The van der Waals surface area contributed by atoms with Gasteiger partial charge in [-0.25, -0.2) is 8.42 Å². The van der Waals surface area contributed by atoms with Crippen LogP contribution < -0.4 is 9.62 Å². The van der Waals surface area contributed by atoms with E-state index in [0.717, 1.165) is 16.1 Å². The summed E-state index contributed by atoms with van der Waals surface area (Å²) in [5, 5.41) is 3.30. The Bertz CT molecular complexity index is 1090. The second kappa shape index (κ2) is 12.4. The van der Waals surface area contributed by atoms with Gasteiger partial charge >= 0.3 is 0 Å². The van der Waals surface area contributed by atoms with Gasteiger partial charge in [-0.1, -0.05) is 60.5 Å². The van der Waals surface area contributed by atoms with Crippen molar-refractivity contribution in [3.05, 3.63) is 64.1 Å². The molecule has 0 saturated carbocycles. The Morgan fingerprint density at radius 3 is 2.24 bits per heavy atom. The van der Waals surface area contributed by atoms with Crippen LogP contribution in [0.3, 0.4) is 0 Å². The molecule has 2 amide bonds. The average molecular weight is 529 g/mol. The van der Waals surface area contributed by atoms with E-state index in [1.54, 1.807) is 0 Å². The normalized spacial score (nSPS) is 12.3. The first-order valence-corrected chi connectivity index (χ1v) is 13.6. The molecule has 2 aromatic carbocycles. The maximum atomic E-state index is 13.5. The first-order valence-electron chi connectivity index (χ1n) is 11.0. The number of rotatable bonds is 11. The second-order valence-corrected chi connectivity index (χ2v) is 11.0. The van der Waals surface area contributed by atoms with E-state index in [0.29, 0.717) is 17.9 Å². The van der Waals surface area contributed by atoms with Crippen LogP contribution >= 0.6 is 23.2 Å². The molecule has 0 aromatic heterocycles. The number of benzene rings is 2. The van der Waals surface area contributed by atoms with Crippen molar-refractivity contribution in [2.75, 3.05) is 23.7 Å². The van der Waals surface area contributed by atoms with Gasteiger partial charge in [0.05, 0.1) is 17.0 Å². The lowest BCUT2D eigenvalue weighted by atomic mass is 10.1. The Labute approximate surface area is 212 Å². The van der Waals surface area contributed by atoms with E-state index in [9.17, 15) is 18.0 Å². The minimum absolute atomic E-state index is 0.103. The van der Waals surface area contributed by atoms with Gasteiger partial charge in [0.15, 0.2) is 0 Å². The molecule has 0 radical (unpaired) electrons. The highest BCUT2D eigenvalue weighted by Crippen LogP contribution is 2.30. The van der Waals surface area contributed by atoms with Gasteiger partial charge in [0.25, 0.3) is 0 Å². The summed E-state index contributed by atoms with van der Waals surface area (Å²) in [6, 6.07) is 13.1. The van der Waals surface area contributed by atoms with E-state index < -0.39 is 28.5 Å². The van der Waals surface area contributed by atoms with Gasteiger partial charge in [0.2, 0.25) is 21.8 Å². The van der Waals surface area contributed by atoms with Crippen molar-refractivity contribution in [3.8, 4) is 0 Å². The molecule has 0 heterocycles. The summed E-state index contributed by atoms with van der Waals surface area (Å²) in [4.78, 5) is 27.9. The Kier molecular flexibility index (Phi) is 10.2. The van der Waals surface area contributed by atoms with Crippen LogP contribution in [0, 0.1) is 0 Å². The third-order valence-electron chi connectivity index (χ3n) is 5.16. The third-order valence-corrected chi connectivity index (χ3v) is 6.82. The van der Waals surface area contributed by atoms with Crippen LogP contribution in [0.15, 0.2) is 48.5 Å². The molecule has 0 saturated heterocycles.